The van der Waals surface area contributed by atoms with Crippen LogP contribution in [0, 0.1) is 5.82 Å². The van der Waals surface area contributed by atoms with Crippen molar-refractivity contribution in [1.29, 1.82) is 0 Å². The summed E-state index contributed by atoms with van der Waals surface area (Å²) in [6, 6.07) is 3.77. The summed E-state index contributed by atoms with van der Waals surface area (Å²) < 4.78 is 14.8. The molecule has 0 radical (unpaired) electrons. The number of fused-ring (bicyclic) bond motifs is 1. The van der Waals surface area contributed by atoms with E-state index in [0.717, 1.165) is 20.3 Å². The van der Waals surface area contributed by atoms with Crippen molar-refractivity contribution in [2.75, 3.05) is 6.26 Å². The lowest BCUT2D eigenvalue weighted by Gasteiger charge is -2.04. The van der Waals surface area contributed by atoms with Crippen molar-refractivity contribution in [2.24, 2.45) is 0 Å². The summed E-state index contributed by atoms with van der Waals surface area (Å²) in [5, 5.41) is 3.46. The lowest BCUT2D eigenvalue weighted by atomic mass is 10.2. The summed E-state index contributed by atoms with van der Waals surface area (Å²) in [6.45, 7) is 0. The van der Waals surface area contributed by atoms with Gasteiger partial charge in [0.05, 0.1) is 0 Å². The van der Waals surface area contributed by atoms with Gasteiger partial charge in [-0.15, -0.1) is 23.1 Å². The number of rotatable bonds is 2. The highest BCUT2D eigenvalue weighted by Gasteiger charge is 2.11. The Balaban J connectivity index is 2.80. The van der Waals surface area contributed by atoms with Crippen LogP contribution >= 0.6 is 39.0 Å². The van der Waals surface area contributed by atoms with Crippen LogP contribution in [-0.2, 0) is 5.33 Å². The lowest BCUT2D eigenvalue weighted by molar-refractivity contribution is 0.614. The second kappa shape index (κ2) is 4.21. The van der Waals surface area contributed by atoms with Crippen molar-refractivity contribution in [3.63, 3.8) is 0 Å². The van der Waals surface area contributed by atoms with Crippen LogP contribution in [0.5, 0.6) is 0 Å². The quantitative estimate of drug-likeness (QED) is 0.573. The van der Waals surface area contributed by atoms with E-state index in [9.17, 15) is 4.39 Å². The van der Waals surface area contributed by atoms with Gasteiger partial charge < -0.3 is 0 Å². The molecule has 0 spiro atoms. The molecular formula is C10H8BrFS2. The highest BCUT2D eigenvalue weighted by molar-refractivity contribution is 9.08. The summed E-state index contributed by atoms with van der Waals surface area (Å²) in [4.78, 5) is 0.727. The normalized spacial score (nSPS) is 11.1. The smallest absolute Gasteiger partial charge is 0.145 e. The Morgan fingerprint density at radius 2 is 2.36 bits per heavy atom. The molecule has 0 bridgehead atoms. The monoisotopic (exact) mass is 290 g/mol. The minimum absolute atomic E-state index is 0.0848. The standard InChI is InChI=1S/C10H8BrFS2/c1-13-8-4-6(5-11)10-7(9(8)12)2-3-14-10/h2-4H,5H2,1H3. The molecule has 74 valence electrons. The van der Waals surface area contributed by atoms with Gasteiger partial charge >= 0.3 is 0 Å². The fourth-order valence-electron chi connectivity index (χ4n) is 1.40. The molecule has 1 aromatic heterocycles. The van der Waals surface area contributed by atoms with E-state index in [0.29, 0.717) is 0 Å². The molecule has 1 heterocycles. The van der Waals surface area contributed by atoms with Crippen LogP contribution in [0.15, 0.2) is 22.4 Å². The van der Waals surface area contributed by atoms with Gasteiger partial charge in [0.15, 0.2) is 0 Å². The fraction of sp³-hybridized carbons (Fsp3) is 0.200. The third-order valence-corrected chi connectivity index (χ3v) is 4.41. The highest BCUT2D eigenvalue weighted by atomic mass is 79.9. The third kappa shape index (κ3) is 1.59. The maximum Gasteiger partial charge on any atom is 0.145 e. The van der Waals surface area contributed by atoms with E-state index in [1.54, 1.807) is 11.3 Å². The van der Waals surface area contributed by atoms with Gasteiger partial charge in [0.1, 0.15) is 5.82 Å². The summed E-state index contributed by atoms with van der Waals surface area (Å²) in [7, 11) is 0. The molecule has 2 rings (SSSR count). The van der Waals surface area contributed by atoms with Crippen LogP contribution in [0.3, 0.4) is 0 Å². The third-order valence-electron chi connectivity index (χ3n) is 2.08. The van der Waals surface area contributed by atoms with Gasteiger partial charge in [0.2, 0.25) is 0 Å². The number of thioether (sulfide) groups is 1. The van der Waals surface area contributed by atoms with Gasteiger partial charge in [0, 0.05) is 20.3 Å². The second-order valence-corrected chi connectivity index (χ2v) is 5.17. The van der Waals surface area contributed by atoms with E-state index in [2.05, 4.69) is 15.9 Å². The van der Waals surface area contributed by atoms with Crippen molar-refractivity contribution < 1.29 is 4.39 Å². The number of alkyl halides is 1. The molecule has 0 N–H and O–H groups in total. The molecule has 0 atom stereocenters. The second-order valence-electron chi connectivity index (χ2n) is 2.85. The van der Waals surface area contributed by atoms with Crippen LogP contribution in [0.25, 0.3) is 10.1 Å². The van der Waals surface area contributed by atoms with Gasteiger partial charge in [-0.2, -0.15) is 0 Å². The maximum atomic E-state index is 13.8. The molecule has 0 aliphatic carbocycles. The zero-order chi connectivity index (χ0) is 10.1. The summed E-state index contributed by atoms with van der Waals surface area (Å²) in [6.07, 6.45) is 1.90. The minimum atomic E-state index is -0.0848. The van der Waals surface area contributed by atoms with Crippen molar-refractivity contribution in [3.05, 3.63) is 28.9 Å². The number of benzene rings is 1. The summed E-state index contributed by atoms with van der Waals surface area (Å²) in [5.74, 6) is -0.0848. The zero-order valence-corrected chi connectivity index (χ0v) is 10.7. The molecule has 0 nitrogen and oxygen atoms in total. The molecule has 0 aliphatic rings. The average molecular weight is 291 g/mol. The topological polar surface area (TPSA) is 0 Å². The SMILES string of the molecule is CSc1cc(CBr)c2sccc2c1F. The number of hydrogen-bond donors (Lipinski definition) is 0. The Morgan fingerprint density at radius 3 is 3.00 bits per heavy atom. The highest BCUT2D eigenvalue weighted by Crippen LogP contribution is 2.34. The Hall–Kier alpha value is -0.0600. The van der Waals surface area contributed by atoms with Crippen molar-refractivity contribution >= 4 is 49.1 Å². The molecule has 4 heteroatoms. The molecule has 2 aromatic rings. The number of thiophene rings is 1. The van der Waals surface area contributed by atoms with Crippen LogP contribution in [0.1, 0.15) is 5.56 Å². The summed E-state index contributed by atoms with van der Waals surface area (Å²) in [5.41, 5.74) is 1.17. The molecule has 1 aromatic carbocycles. The average Bonchev–Trinajstić information content (AvgIpc) is 2.68. The van der Waals surface area contributed by atoms with Crippen LogP contribution in [-0.4, -0.2) is 6.26 Å². The minimum Gasteiger partial charge on any atom is -0.205 e. The Morgan fingerprint density at radius 1 is 1.57 bits per heavy atom. The van der Waals surface area contributed by atoms with E-state index < -0.39 is 0 Å². The predicted molar refractivity (Wildman–Crippen MR) is 66.2 cm³/mol. The molecule has 0 saturated heterocycles. The molecule has 14 heavy (non-hydrogen) atoms. The van der Waals surface area contributed by atoms with Crippen molar-refractivity contribution in [2.45, 2.75) is 10.2 Å². The zero-order valence-electron chi connectivity index (χ0n) is 7.51. The first-order chi connectivity index (χ1) is 6.77. The first-order valence-electron chi connectivity index (χ1n) is 4.06. The fourth-order valence-corrected chi connectivity index (χ4v) is 3.48. The van der Waals surface area contributed by atoms with Gasteiger partial charge in [-0.3, -0.25) is 0 Å². The largest absolute Gasteiger partial charge is 0.205 e. The Kier molecular flexibility index (Phi) is 3.14. The molecule has 0 fully saturated rings. The van der Waals surface area contributed by atoms with Gasteiger partial charge in [-0.05, 0) is 29.3 Å². The first kappa shape index (κ1) is 10.5. The maximum absolute atomic E-state index is 13.8. The van der Waals surface area contributed by atoms with Gasteiger partial charge in [-0.25, -0.2) is 4.39 Å². The van der Waals surface area contributed by atoms with E-state index in [1.807, 2.05) is 23.8 Å². The molecular weight excluding hydrogens is 283 g/mol. The molecule has 0 saturated carbocycles. The number of halogens is 2. The van der Waals surface area contributed by atoms with Gasteiger partial charge in [0.25, 0.3) is 0 Å². The van der Waals surface area contributed by atoms with E-state index >= 15 is 0 Å². The Labute approximate surface area is 98.6 Å². The summed E-state index contributed by atoms with van der Waals surface area (Å²) >= 11 is 6.47. The molecule has 0 unspecified atom stereocenters. The van der Waals surface area contributed by atoms with Gasteiger partial charge in [-0.1, -0.05) is 15.9 Å². The Bertz CT molecular complexity index is 464. The molecule has 0 amide bonds. The molecule has 0 aliphatic heterocycles. The van der Waals surface area contributed by atoms with Crippen molar-refractivity contribution in [3.8, 4) is 0 Å². The first-order valence-corrected chi connectivity index (χ1v) is 7.29. The predicted octanol–water partition coefficient (Wildman–Crippen LogP) is 4.66. The van der Waals surface area contributed by atoms with Crippen LogP contribution < -0.4 is 0 Å². The van der Waals surface area contributed by atoms with Crippen molar-refractivity contribution in [1.82, 2.24) is 0 Å². The van der Waals surface area contributed by atoms with E-state index in [-0.39, 0.29) is 5.82 Å². The van der Waals surface area contributed by atoms with E-state index in [4.69, 9.17) is 0 Å². The van der Waals surface area contributed by atoms with Crippen LogP contribution in [0.4, 0.5) is 4.39 Å². The van der Waals surface area contributed by atoms with Crippen LogP contribution in [0.2, 0.25) is 0 Å². The van der Waals surface area contributed by atoms with E-state index in [1.165, 1.54) is 17.3 Å². The lowest BCUT2D eigenvalue weighted by Crippen LogP contribution is -1.86. The number of hydrogen-bond acceptors (Lipinski definition) is 2.